The first kappa shape index (κ1) is 18.2. The van der Waals surface area contributed by atoms with Crippen LogP contribution >= 0.6 is 0 Å². The van der Waals surface area contributed by atoms with Crippen LogP contribution in [0.2, 0.25) is 0 Å². The smallest absolute Gasteiger partial charge is 0.406 e. The molecule has 6 nitrogen and oxygen atoms in total. The van der Waals surface area contributed by atoms with E-state index in [0.717, 1.165) is 18.2 Å². The minimum absolute atomic E-state index is 0.295. The van der Waals surface area contributed by atoms with Crippen LogP contribution in [0.3, 0.4) is 0 Å². The van der Waals surface area contributed by atoms with E-state index in [-0.39, 0.29) is 11.4 Å². The van der Waals surface area contributed by atoms with Gasteiger partial charge in [-0.25, -0.2) is 4.68 Å². The van der Waals surface area contributed by atoms with Crippen molar-refractivity contribution in [1.29, 1.82) is 0 Å². The molecule has 25 heavy (non-hydrogen) atoms. The third-order valence-corrected chi connectivity index (χ3v) is 2.90. The molecule has 0 bridgehead atoms. The van der Waals surface area contributed by atoms with Gasteiger partial charge in [0.2, 0.25) is 11.2 Å². The van der Waals surface area contributed by atoms with E-state index in [0.29, 0.717) is 5.69 Å². The highest BCUT2D eigenvalue weighted by atomic mass is 19.4. The fourth-order valence-corrected chi connectivity index (χ4v) is 1.82. The van der Waals surface area contributed by atoms with Crippen molar-refractivity contribution in [3.8, 4) is 11.4 Å². The number of halogens is 3. The minimum atomic E-state index is -4.78. The van der Waals surface area contributed by atoms with Gasteiger partial charge in [-0.3, -0.25) is 9.59 Å². The molecule has 9 heteroatoms. The number of ether oxygens (including phenoxy) is 1. The lowest BCUT2D eigenvalue weighted by atomic mass is 10.2. The van der Waals surface area contributed by atoms with Crippen LogP contribution in [-0.4, -0.2) is 40.9 Å². The quantitative estimate of drug-likeness (QED) is 0.610. The van der Waals surface area contributed by atoms with Crippen LogP contribution in [-0.2, 0) is 0 Å². The van der Waals surface area contributed by atoms with Crippen molar-refractivity contribution in [2.24, 2.45) is 0 Å². The number of hydrogen-bond donors (Lipinski definition) is 0. The average molecular weight is 353 g/mol. The van der Waals surface area contributed by atoms with Crippen molar-refractivity contribution in [1.82, 2.24) is 14.7 Å². The summed E-state index contributed by atoms with van der Waals surface area (Å²) in [6.07, 6.45) is -0.789. The van der Waals surface area contributed by atoms with Crippen LogP contribution in [0.15, 0.2) is 53.6 Å². The fourth-order valence-electron chi connectivity index (χ4n) is 1.82. The Labute approximate surface area is 140 Å². The maximum absolute atomic E-state index is 12.2. The minimum Gasteiger partial charge on any atom is -0.406 e. The molecular weight excluding hydrogens is 339 g/mol. The molecule has 0 atom stereocenters. The number of carbonyl (C=O) groups is 1. The van der Waals surface area contributed by atoms with E-state index in [2.05, 4.69) is 9.84 Å². The Hall–Kier alpha value is -3.10. The van der Waals surface area contributed by atoms with Gasteiger partial charge in [0.15, 0.2) is 5.69 Å². The third kappa shape index (κ3) is 5.20. The summed E-state index contributed by atoms with van der Waals surface area (Å²) in [4.78, 5) is 25.5. The first-order valence-electron chi connectivity index (χ1n) is 7.01. The van der Waals surface area contributed by atoms with Gasteiger partial charge in [0.05, 0.1) is 5.69 Å². The summed E-state index contributed by atoms with van der Waals surface area (Å²) >= 11 is 0. The monoisotopic (exact) mass is 353 g/mol. The molecule has 0 saturated heterocycles. The molecule has 0 aliphatic rings. The van der Waals surface area contributed by atoms with E-state index < -0.39 is 17.6 Å². The molecule has 0 aliphatic carbocycles. The normalized spacial score (nSPS) is 11.6. The molecule has 0 spiro atoms. The maximum atomic E-state index is 12.2. The number of ketones is 1. The van der Waals surface area contributed by atoms with E-state index in [1.807, 2.05) is 0 Å². The molecule has 0 unspecified atom stereocenters. The van der Waals surface area contributed by atoms with E-state index >= 15 is 0 Å². The molecule has 1 aromatic heterocycles. The number of hydrogen-bond acceptors (Lipinski definition) is 5. The van der Waals surface area contributed by atoms with Crippen molar-refractivity contribution in [3.63, 3.8) is 0 Å². The Morgan fingerprint density at radius 1 is 1.20 bits per heavy atom. The molecule has 0 fully saturated rings. The maximum Gasteiger partial charge on any atom is 0.573 e. The lowest BCUT2D eigenvalue weighted by molar-refractivity contribution is -0.274. The predicted molar refractivity (Wildman–Crippen MR) is 83.7 cm³/mol. The van der Waals surface area contributed by atoms with Crippen LogP contribution in [0.4, 0.5) is 13.2 Å². The Balaban J connectivity index is 2.30. The summed E-state index contributed by atoms with van der Waals surface area (Å²) in [5, 5.41) is 3.95. The Kier molecular flexibility index (Phi) is 5.26. The van der Waals surface area contributed by atoms with Gasteiger partial charge in [-0.2, -0.15) is 5.10 Å². The van der Waals surface area contributed by atoms with Crippen molar-refractivity contribution >= 4 is 5.78 Å². The molecule has 2 aromatic rings. The number of benzene rings is 1. The van der Waals surface area contributed by atoms with Gasteiger partial charge in [0, 0.05) is 38.6 Å². The number of alkyl halides is 3. The van der Waals surface area contributed by atoms with Gasteiger partial charge in [0.1, 0.15) is 5.75 Å². The predicted octanol–water partition coefficient (Wildman–Crippen LogP) is 2.39. The van der Waals surface area contributed by atoms with Gasteiger partial charge < -0.3 is 9.64 Å². The first-order valence-corrected chi connectivity index (χ1v) is 7.01. The standard InChI is InChI=1S/C16H14F3N3O3/c1-21(2)9-7-13(23)15-14(24)8-10-22(20-15)11-3-5-12(6-4-11)25-16(17,18)19/h3-10H,1-2H3. The highest BCUT2D eigenvalue weighted by Gasteiger charge is 2.30. The molecule has 2 rings (SSSR count). The number of carbonyl (C=O) groups excluding carboxylic acids is 1. The summed E-state index contributed by atoms with van der Waals surface area (Å²) in [6.45, 7) is 0. The molecule has 0 saturated carbocycles. The summed E-state index contributed by atoms with van der Waals surface area (Å²) < 4.78 is 41.5. The summed E-state index contributed by atoms with van der Waals surface area (Å²) in [5.41, 5.74) is -0.488. The summed E-state index contributed by atoms with van der Waals surface area (Å²) in [5.74, 6) is -0.965. The SMILES string of the molecule is CN(C)C=CC(=O)c1nn(-c2ccc(OC(F)(F)F)cc2)ccc1=O. The number of nitrogens with zero attached hydrogens (tertiary/aromatic N) is 3. The second-order valence-electron chi connectivity index (χ2n) is 5.16. The second kappa shape index (κ2) is 7.20. The van der Waals surface area contributed by atoms with Crippen molar-refractivity contribution in [3.05, 3.63) is 64.7 Å². The molecule has 132 valence electrons. The summed E-state index contributed by atoms with van der Waals surface area (Å²) in [7, 11) is 3.43. The zero-order chi connectivity index (χ0) is 18.6. The first-order chi connectivity index (χ1) is 11.7. The Bertz CT molecular complexity index is 840. The number of aromatic nitrogens is 2. The summed E-state index contributed by atoms with van der Waals surface area (Å²) in [6, 6.07) is 6.01. The van der Waals surface area contributed by atoms with E-state index in [4.69, 9.17) is 0 Å². The van der Waals surface area contributed by atoms with Gasteiger partial charge in [0.25, 0.3) is 0 Å². The van der Waals surface area contributed by atoms with Crippen LogP contribution in [0.1, 0.15) is 10.5 Å². The average Bonchev–Trinajstić information content (AvgIpc) is 2.52. The Morgan fingerprint density at radius 3 is 2.40 bits per heavy atom. The molecule has 1 heterocycles. The molecule has 0 amide bonds. The van der Waals surface area contributed by atoms with Crippen LogP contribution in [0.25, 0.3) is 5.69 Å². The zero-order valence-electron chi connectivity index (χ0n) is 13.3. The lowest BCUT2D eigenvalue weighted by Crippen LogP contribution is -2.20. The zero-order valence-corrected chi connectivity index (χ0v) is 13.3. The van der Waals surface area contributed by atoms with Gasteiger partial charge in [-0.1, -0.05) is 0 Å². The highest BCUT2D eigenvalue weighted by Crippen LogP contribution is 2.23. The van der Waals surface area contributed by atoms with E-state index in [1.165, 1.54) is 35.3 Å². The Morgan fingerprint density at radius 2 is 1.84 bits per heavy atom. The molecule has 0 radical (unpaired) electrons. The number of rotatable bonds is 5. The van der Waals surface area contributed by atoms with Crippen molar-refractivity contribution in [2.75, 3.05) is 14.1 Å². The largest absolute Gasteiger partial charge is 0.573 e. The lowest BCUT2D eigenvalue weighted by Gasteiger charge is -2.10. The van der Waals surface area contributed by atoms with Crippen LogP contribution < -0.4 is 10.2 Å². The van der Waals surface area contributed by atoms with Crippen molar-refractivity contribution in [2.45, 2.75) is 6.36 Å². The fraction of sp³-hybridized carbons (Fsp3) is 0.188. The van der Waals surface area contributed by atoms with E-state index in [9.17, 15) is 22.8 Å². The third-order valence-electron chi connectivity index (χ3n) is 2.90. The molecule has 0 aliphatic heterocycles. The molecular formula is C16H14F3N3O3. The van der Waals surface area contributed by atoms with Crippen LogP contribution in [0, 0.1) is 0 Å². The molecule has 1 aromatic carbocycles. The van der Waals surface area contributed by atoms with Gasteiger partial charge >= 0.3 is 6.36 Å². The van der Waals surface area contributed by atoms with E-state index in [1.54, 1.807) is 19.0 Å². The second-order valence-corrected chi connectivity index (χ2v) is 5.16. The van der Waals surface area contributed by atoms with Gasteiger partial charge in [-0.15, -0.1) is 13.2 Å². The van der Waals surface area contributed by atoms with Crippen LogP contribution in [0.5, 0.6) is 5.75 Å². The molecule has 0 N–H and O–H groups in total. The topological polar surface area (TPSA) is 64.4 Å². The highest BCUT2D eigenvalue weighted by molar-refractivity contribution is 6.02. The number of allylic oxidation sites excluding steroid dienone is 1. The van der Waals surface area contributed by atoms with Gasteiger partial charge in [-0.05, 0) is 24.3 Å². The van der Waals surface area contributed by atoms with Crippen molar-refractivity contribution < 1.29 is 22.7 Å².